The van der Waals surface area contributed by atoms with Crippen molar-refractivity contribution in [3.63, 3.8) is 0 Å². The van der Waals surface area contributed by atoms with E-state index in [1.807, 2.05) is 31.2 Å². The zero-order valence-electron chi connectivity index (χ0n) is 13.3. The molecule has 0 aromatic heterocycles. The summed E-state index contributed by atoms with van der Waals surface area (Å²) < 4.78 is 22.5. The zero-order valence-corrected chi connectivity index (χ0v) is 14.1. The van der Waals surface area contributed by atoms with Crippen molar-refractivity contribution in [3.8, 4) is 5.75 Å². The monoisotopic (exact) mass is 313 g/mol. The Balaban J connectivity index is 2.68. The highest BCUT2D eigenvalue weighted by atomic mass is 32.2. The highest BCUT2D eigenvalue weighted by Crippen LogP contribution is 2.19. The van der Waals surface area contributed by atoms with Gasteiger partial charge in [0.25, 0.3) is 0 Å². The standard InChI is InChI=1S/C16H27NO3S/c1-4-10-17-16(13-21(18)12-11-19-3)14-6-8-15(9-7-14)20-5-2/h6-9,16-17H,4-5,10-13H2,1-3H3. The van der Waals surface area contributed by atoms with E-state index in [0.717, 1.165) is 24.3 Å². The molecule has 0 bridgehead atoms. The molecule has 1 aromatic rings. The average Bonchev–Trinajstić information content (AvgIpc) is 2.50. The zero-order chi connectivity index (χ0) is 15.5. The summed E-state index contributed by atoms with van der Waals surface area (Å²) in [5.41, 5.74) is 1.15. The topological polar surface area (TPSA) is 47.6 Å². The minimum atomic E-state index is -0.881. The molecule has 0 saturated carbocycles. The van der Waals surface area contributed by atoms with Gasteiger partial charge in [0.15, 0.2) is 0 Å². The number of rotatable bonds is 11. The molecule has 0 amide bonds. The van der Waals surface area contributed by atoms with Gasteiger partial charge in [0, 0.05) is 35.5 Å². The van der Waals surface area contributed by atoms with Gasteiger partial charge in [-0.05, 0) is 37.6 Å². The number of hydrogen-bond acceptors (Lipinski definition) is 4. The van der Waals surface area contributed by atoms with Crippen LogP contribution in [-0.4, -0.2) is 42.6 Å². The fourth-order valence-corrected chi connectivity index (χ4v) is 3.20. The SMILES string of the molecule is CCCNC(CS(=O)CCOC)c1ccc(OCC)cc1. The molecule has 120 valence electrons. The summed E-state index contributed by atoms with van der Waals surface area (Å²) in [4.78, 5) is 0. The molecule has 1 aromatic carbocycles. The minimum absolute atomic E-state index is 0.110. The van der Waals surface area contributed by atoms with E-state index in [-0.39, 0.29) is 6.04 Å². The summed E-state index contributed by atoms with van der Waals surface area (Å²) in [6.45, 7) is 6.22. The average molecular weight is 313 g/mol. The van der Waals surface area contributed by atoms with Crippen LogP contribution in [-0.2, 0) is 15.5 Å². The first kappa shape index (κ1) is 18.1. The van der Waals surface area contributed by atoms with Crippen molar-refractivity contribution >= 4 is 10.8 Å². The smallest absolute Gasteiger partial charge is 0.119 e. The molecule has 1 N–H and O–H groups in total. The van der Waals surface area contributed by atoms with Gasteiger partial charge in [-0.3, -0.25) is 4.21 Å². The molecule has 0 aliphatic heterocycles. The first-order chi connectivity index (χ1) is 10.2. The maximum absolute atomic E-state index is 12.1. The molecule has 2 atom stereocenters. The van der Waals surface area contributed by atoms with Crippen LogP contribution in [0.1, 0.15) is 31.9 Å². The Morgan fingerprint density at radius 3 is 2.52 bits per heavy atom. The van der Waals surface area contributed by atoms with Gasteiger partial charge in [0.2, 0.25) is 0 Å². The lowest BCUT2D eigenvalue weighted by molar-refractivity contribution is 0.218. The summed E-state index contributed by atoms with van der Waals surface area (Å²) in [7, 11) is 0.754. The van der Waals surface area contributed by atoms with Crippen LogP contribution in [0.4, 0.5) is 0 Å². The molecule has 0 aliphatic rings. The van der Waals surface area contributed by atoms with Crippen molar-refractivity contribution in [1.29, 1.82) is 0 Å². The third-order valence-electron chi connectivity index (χ3n) is 3.10. The van der Waals surface area contributed by atoms with Crippen molar-refractivity contribution in [2.75, 3.05) is 38.4 Å². The van der Waals surface area contributed by atoms with E-state index in [1.54, 1.807) is 7.11 Å². The van der Waals surface area contributed by atoms with Gasteiger partial charge in [-0.15, -0.1) is 0 Å². The number of benzene rings is 1. The van der Waals surface area contributed by atoms with Crippen molar-refractivity contribution in [1.82, 2.24) is 5.32 Å². The molecule has 21 heavy (non-hydrogen) atoms. The molecular weight excluding hydrogens is 286 g/mol. The molecule has 1 rings (SSSR count). The van der Waals surface area contributed by atoms with E-state index in [4.69, 9.17) is 9.47 Å². The van der Waals surface area contributed by atoms with E-state index < -0.39 is 10.8 Å². The lowest BCUT2D eigenvalue weighted by Gasteiger charge is -2.19. The molecule has 4 nitrogen and oxygen atoms in total. The van der Waals surface area contributed by atoms with Crippen molar-refractivity contribution < 1.29 is 13.7 Å². The van der Waals surface area contributed by atoms with Crippen LogP contribution in [0.25, 0.3) is 0 Å². The maximum Gasteiger partial charge on any atom is 0.119 e. The molecule has 0 heterocycles. The van der Waals surface area contributed by atoms with Crippen LogP contribution in [0.3, 0.4) is 0 Å². The fourth-order valence-electron chi connectivity index (χ4n) is 2.00. The highest BCUT2D eigenvalue weighted by molar-refractivity contribution is 7.85. The van der Waals surface area contributed by atoms with E-state index in [1.165, 1.54) is 0 Å². The largest absolute Gasteiger partial charge is 0.494 e. The normalized spacial score (nSPS) is 13.9. The minimum Gasteiger partial charge on any atom is -0.494 e. The van der Waals surface area contributed by atoms with Crippen LogP contribution in [0.5, 0.6) is 5.75 Å². The molecule has 2 unspecified atom stereocenters. The van der Waals surface area contributed by atoms with Crippen LogP contribution < -0.4 is 10.1 Å². The Hall–Kier alpha value is -0.910. The number of nitrogens with one attached hydrogen (secondary N) is 1. The summed E-state index contributed by atoms with van der Waals surface area (Å²) >= 11 is 0. The second kappa shape index (κ2) is 10.8. The lowest BCUT2D eigenvalue weighted by atomic mass is 10.1. The van der Waals surface area contributed by atoms with Crippen LogP contribution in [0.2, 0.25) is 0 Å². The molecular formula is C16H27NO3S. The van der Waals surface area contributed by atoms with Gasteiger partial charge in [0.1, 0.15) is 5.75 Å². The summed E-state index contributed by atoms with van der Waals surface area (Å²) in [6.07, 6.45) is 1.05. The summed E-state index contributed by atoms with van der Waals surface area (Å²) in [5, 5.41) is 3.47. The number of hydrogen-bond donors (Lipinski definition) is 1. The Morgan fingerprint density at radius 2 is 1.95 bits per heavy atom. The van der Waals surface area contributed by atoms with Crippen LogP contribution >= 0.6 is 0 Å². The van der Waals surface area contributed by atoms with Crippen molar-refractivity contribution in [3.05, 3.63) is 29.8 Å². The molecule has 0 aliphatic carbocycles. The first-order valence-corrected chi connectivity index (χ1v) is 9.00. The Kier molecular flexibility index (Phi) is 9.30. The molecule has 0 radical (unpaired) electrons. The third-order valence-corrected chi connectivity index (χ3v) is 4.43. The van der Waals surface area contributed by atoms with Crippen molar-refractivity contribution in [2.45, 2.75) is 26.3 Å². The maximum atomic E-state index is 12.1. The second-order valence-electron chi connectivity index (χ2n) is 4.81. The van der Waals surface area contributed by atoms with Gasteiger partial charge < -0.3 is 14.8 Å². The Labute approximate surface area is 130 Å². The highest BCUT2D eigenvalue weighted by Gasteiger charge is 2.14. The summed E-state index contributed by atoms with van der Waals surface area (Å²) in [5.74, 6) is 2.06. The van der Waals surface area contributed by atoms with E-state index in [9.17, 15) is 4.21 Å². The van der Waals surface area contributed by atoms with Crippen molar-refractivity contribution in [2.24, 2.45) is 0 Å². The lowest BCUT2D eigenvalue weighted by Crippen LogP contribution is -2.28. The van der Waals surface area contributed by atoms with Gasteiger partial charge in [-0.1, -0.05) is 19.1 Å². The van der Waals surface area contributed by atoms with Gasteiger partial charge >= 0.3 is 0 Å². The molecule has 0 fully saturated rings. The van der Waals surface area contributed by atoms with Gasteiger partial charge in [-0.25, -0.2) is 0 Å². The fraction of sp³-hybridized carbons (Fsp3) is 0.625. The predicted octanol–water partition coefficient (Wildman–Crippen LogP) is 2.52. The Bertz CT molecular complexity index is 408. The second-order valence-corrected chi connectivity index (χ2v) is 6.43. The number of methoxy groups -OCH3 is 1. The van der Waals surface area contributed by atoms with E-state index >= 15 is 0 Å². The third kappa shape index (κ3) is 7.07. The van der Waals surface area contributed by atoms with Crippen LogP contribution in [0.15, 0.2) is 24.3 Å². The van der Waals surface area contributed by atoms with Crippen LogP contribution in [0, 0.1) is 0 Å². The van der Waals surface area contributed by atoms with Gasteiger partial charge in [-0.2, -0.15) is 0 Å². The van der Waals surface area contributed by atoms with Gasteiger partial charge in [0.05, 0.1) is 13.2 Å². The molecule has 0 saturated heterocycles. The number of ether oxygens (including phenoxy) is 2. The Morgan fingerprint density at radius 1 is 1.24 bits per heavy atom. The summed E-state index contributed by atoms with van der Waals surface area (Å²) in [6, 6.07) is 8.14. The first-order valence-electron chi connectivity index (χ1n) is 7.51. The molecule has 5 heteroatoms. The predicted molar refractivity (Wildman–Crippen MR) is 88.4 cm³/mol. The quantitative estimate of drug-likeness (QED) is 0.682. The van der Waals surface area contributed by atoms with E-state index in [0.29, 0.717) is 24.7 Å². The van der Waals surface area contributed by atoms with E-state index in [2.05, 4.69) is 12.2 Å². The molecule has 0 spiro atoms.